The molecule has 0 N–H and O–H groups in total. The average Bonchev–Trinajstić information content (AvgIpc) is 3.68. The number of ketones is 1. The van der Waals surface area contributed by atoms with Gasteiger partial charge in [-0.15, -0.1) is 0 Å². The fraction of sp³-hybridized carbons (Fsp3) is 0.306. The maximum atomic E-state index is 13.8. The van der Waals surface area contributed by atoms with Crippen LogP contribution < -0.4 is 4.90 Å². The monoisotopic (exact) mass is 806 g/mol. The smallest absolute Gasteiger partial charge is 0.339 e. The van der Waals surface area contributed by atoms with E-state index in [1.807, 2.05) is 31.2 Å². The first-order chi connectivity index (χ1) is 22.2. The molecule has 3 fully saturated rings. The number of imide groups is 1. The predicted octanol–water partition coefficient (Wildman–Crippen LogP) is 8.16. The Balaban J connectivity index is 1.19. The molecule has 1 aliphatic heterocycles. The first-order valence-corrected chi connectivity index (χ1v) is 18.0. The molecule has 7 nitrogen and oxygen atoms in total. The number of hydrogen-bond donors (Lipinski definition) is 0. The van der Waals surface area contributed by atoms with E-state index >= 15 is 0 Å². The fourth-order valence-corrected chi connectivity index (χ4v) is 9.62. The van der Waals surface area contributed by atoms with Gasteiger partial charge in [0.1, 0.15) is 0 Å². The van der Waals surface area contributed by atoms with Crippen LogP contribution in [0.5, 0.6) is 0 Å². The van der Waals surface area contributed by atoms with E-state index in [0.717, 1.165) is 10.9 Å². The van der Waals surface area contributed by atoms with Crippen molar-refractivity contribution in [3.05, 3.63) is 94.5 Å². The molecule has 2 saturated carbocycles. The van der Waals surface area contributed by atoms with Gasteiger partial charge in [-0.1, -0.05) is 104 Å². The third kappa shape index (κ3) is 5.26. The highest BCUT2D eigenvalue weighted by Gasteiger charge is 2.66. The van der Waals surface area contributed by atoms with Crippen LogP contribution in [0, 0.1) is 23.7 Å². The van der Waals surface area contributed by atoms with Crippen LogP contribution in [-0.2, 0) is 14.3 Å². The third-order valence-electron chi connectivity index (χ3n) is 9.55. The van der Waals surface area contributed by atoms with Gasteiger partial charge in [-0.3, -0.25) is 19.3 Å². The molecule has 7 atom stereocenters. The number of halogens is 3. The van der Waals surface area contributed by atoms with Crippen molar-refractivity contribution >= 4 is 87.9 Å². The zero-order chi connectivity index (χ0) is 32.3. The molecule has 234 valence electrons. The summed E-state index contributed by atoms with van der Waals surface area (Å²) in [5, 5.41) is 0.590. The zero-order valence-electron chi connectivity index (χ0n) is 24.7. The highest BCUT2D eigenvalue weighted by molar-refractivity contribution is 9.12. The van der Waals surface area contributed by atoms with Gasteiger partial charge in [0.2, 0.25) is 17.6 Å². The zero-order valence-corrected chi connectivity index (χ0v) is 29.5. The normalized spacial score (nSPS) is 25.6. The molecule has 1 aromatic heterocycles. The number of amides is 2. The second kappa shape index (κ2) is 12.4. The van der Waals surface area contributed by atoms with Crippen LogP contribution in [-0.4, -0.2) is 44.3 Å². The number of carbonyl (C=O) groups is 4. The molecule has 0 radical (unpaired) electrons. The van der Waals surface area contributed by atoms with E-state index in [0.29, 0.717) is 46.3 Å². The lowest BCUT2D eigenvalue weighted by Gasteiger charge is -2.28. The van der Waals surface area contributed by atoms with Crippen molar-refractivity contribution in [2.75, 3.05) is 4.90 Å². The Morgan fingerprint density at radius 3 is 2.20 bits per heavy atom. The minimum atomic E-state index is -0.928. The van der Waals surface area contributed by atoms with E-state index in [1.165, 1.54) is 4.90 Å². The molecule has 3 aromatic carbocycles. The third-order valence-corrected chi connectivity index (χ3v) is 13.2. The summed E-state index contributed by atoms with van der Waals surface area (Å²) in [6.45, 7) is 1.94. The lowest BCUT2D eigenvalue weighted by molar-refractivity contribution is -0.123. The maximum Gasteiger partial charge on any atom is 0.339 e. The molecule has 46 heavy (non-hydrogen) atoms. The number of nitrogens with zero attached hydrogens (tertiary/aromatic N) is 2. The molecule has 2 heterocycles. The van der Waals surface area contributed by atoms with Gasteiger partial charge < -0.3 is 4.74 Å². The van der Waals surface area contributed by atoms with Gasteiger partial charge in [-0.05, 0) is 61.1 Å². The number of alkyl halides is 2. The highest BCUT2D eigenvalue weighted by Crippen LogP contribution is 2.60. The maximum absolute atomic E-state index is 13.8. The fourth-order valence-electron chi connectivity index (χ4n) is 7.39. The Kier molecular flexibility index (Phi) is 8.48. The van der Waals surface area contributed by atoms with Gasteiger partial charge in [0.15, 0.2) is 6.10 Å². The van der Waals surface area contributed by atoms with Gasteiger partial charge >= 0.3 is 5.97 Å². The lowest BCUT2D eigenvalue weighted by Crippen LogP contribution is -2.37. The molecule has 2 bridgehead atoms. The number of aromatic nitrogens is 1. The number of fused-ring (bicyclic) bond motifs is 6. The predicted molar refractivity (Wildman–Crippen MR) is 186 cm³/mol. The summed E-state index contributed by atoms with van der Waals surface area (Å²) >= 11 is 11.0. The second-order valence-corrected chi connectivity index (χ2v) is 15.2. The summed E-state index contributed by atoms with van der Waals surface area (Å²) in [4.78, 5) is 60.6. The van der Waals surface area contributed by atoms with E-state index in [-0.39, 0.29) is 56.5 Å². The van der Waals surface area contributed by atoms with Gasteiger partial charge in [0.25, 0.3) is 0 Å². The topological polar surface area (TPSA) is 93.6 Å². The number of pyridine rings is 1. The Hall–Kier alpha value is -3.21. The standard InChI is InChI=1S/C36H29Br3N2O5/c1-2-6-28(33(42)19-7-4-3-5-8-19)46-36(45)23-17-27(40-26-14-11-20(37)15-22(23)26)18-9-12-21(13-10-18)41-34(43)29-24-16-25(30(29)35(41)44)32(39)31(24)38/h3-5,7-15,17,24-25,28-32H,2,6,16H2,1H3. The molecule has 7 unspecified atom stereocenters. The van der Waals surface area contributed by atoms with Crippen LogP contribution in [0.1, 0.15) is 46.9 Å². The molecule has 3 aliphatic rings. The summed E-state index contributed by atoms with van der Waals surface area (Å²) in [6.07, 6.45) is 1.00. The summed E-state index contributed by atoms with van der Waals surface area (Å²) < 4.78 is 6.67. The van der Waals surface area contributed by atoms with Crippen molar-refractivity contribution in [2.24, 2.45) is 23.7 Å². The summed E-state index contributed by atoms with van der Waals surface area (Å²) in [5.41, 5.74) is 3.11. The Morgan fingerprint density at radius 2 is 1.57 bits per heavy atom. The average molecular weight is 809 g/mol. The summed E-state index contributed by atoms with van der Waals surface area (Å²) in [6, 6.07) is 23.1. The molecule has 4 aromatic rings. The van der Waals surface area contributed by atoms with E-state index in [1.54, 1.807) is 54.6 Å². The van der Waals surface area contributed by atoms with E-state index < -0.39 is 12.1 Å². The molecule has 2 amide bonds. The molecule has 2 aliphatic carbocycles. The molecule has 0 spiro atoms. The van der Waals surface area contributed by atoms with Crippen molar-refractivity contribution in [1.82, 2.24) is 4.98 Å². The minimum absolute atomic E-state index is 0.134. The number of carbonyl (C=O) groups excluding carboxylic acids is 4. The van der Waals surface area contributed by atoms with Crippen molar-refractivity contribution in [2.45, 2.75) is 41.9 Å². The molecule has 1 saturated heterocycles. The van der Waals surface area contributed by atoms with Crippen molar-refractivity contribution < 1.29 is 23.9 Å². The van der Waals surface area contributed by atoms with E-state index in [4.69, 9.17) is 9.72 Å². The van der Waals surface area contributed by atoms with Gasteiger partial charge in [-0.25, -0.2) is 9.78 Å². The SMILES string of the molecule is CCCC(OC(=O)c1cc(-c2ccc(N3C(=O)C4C5CC(C(Br)C5Br)C4C3=O)cc2)nc2ccc(Br)cc12)C(=O)c1ccccc1. The molecule has 7 rings (SSSR count). The van der Waals surface area contributed by atoms with Crippen LogP contribution in [0.25, 0.3) is 22.2 Å². The first-order valence-electron chi connectivity index (χ1n) is 15.3. The quantitative estimate of drug-likeness (QED) is 0.0773. The Labute approximate surface area is 291 Å². The number of esters is 1. The number of Topliss-reactive ketones (excluding diaryl/α,β-unsaturated/α-hetero) is 1. The second-order valence-electron chi connectivity index (χ2n) is 12.2. The first kappa shape index (κ1) is 31.4. The molecular weight excluding hydrogens is 780 g/mol. The largest absolute Gasteiger partial charge is 0.450 e. The number of rotatable bonds is 8. The number of anilines is 1. The number of hydrogen-bond acceptors (Lipinski definition) is 6. The van der Waals surface area contributed by atoms with Gasteiger partial charge in [0.05, 0.1) is 34.3 Å². The van der Waals surface area contributed by atoms with Crippen LogP contribution in [0.15, 0.2) is 83.3 Å². The van der Waals surface area contributed by atoms with Crippen LogP contribution >= 0.6 is 47.8 Å². The number of benzene rings is 3. The number of ether oxygens (including phenoxy) is 1. The van der Waals surface area contributed by atoms with Gasteiger partial charge in [-0.2, -0.15) is 0 Å². The molecular formula is C36H29Br3N2O5. The highest BCUT2D eigenvalue weighted by atomic mass is 79.9. The minimum Gasteiger partial charge on any atom is -0.450 e. The summed E-state index contributed by atoms with van der Waals surface area (Å²) in [5.74, 6) is -1.44. The van der Waals surface area contributed by atoms with Crippen molar-refractivity contribution in [3.8, 4) is 11.3 Å². The van der Waals surface area contributed by atoms with Crippen LogP contribution in [0.2, 0.25) is 0 Å². The Morgan fingerprint density at radius 1 is 0.913 bits per heavy atom. The van der Waals surface area contributed by atoms with Crippen molar-refractivity contribution in [1.29, 1.82) is 0 Å². The van der Waals surface area contributed by atoms with Crippen molar-refractivity contribution in [3.63, 3.8) is 0 Å². The molecule has 10 heteroatoms. The van der Waals surface area contributed by atoms with Crippen LogP contribution in [0.4, 0.5) is 5.69 Å². The summed E-state index contributed by atoms with van der Waals surface area (Å²) in [7, 11) is 0. The lowest BCUT2D eigenvalue weighted by atomic mass is 9.81. The van der Waals surface area contributed by atoms with Gasteiger partial charge in [0, 0.05) is 30.6 Å². The van der Waals surface area contributed by atoms with Crippen LogP contribution in [0.3, 0.4) is 0 Å². The Bertz CT molecular complexity index is 1850. The van der Waals surface area contributed by atoms with E-state index in [9.17, 15) is 19.2 Å². The van der Waals surface area contributed by atoms with E-state index in [2.05, 4.69) is 47.8 Å².